The van der Waals surface area contributed by atoms with E-state index in [2.05, 4.69) is 0 Å². The molecule has 0 aliphatic heterocycles. The van der Waals surface area contributed by atoms with Gasteiger partial charge in [-0.15, -0.1) is 0 Å². The summed E-state index contributed by atoms with van der Waals surface area (Å²) >= 11 is 0. The van der Waals surface area contributed by atoms with Gasteiger partial charge >= 0.3 is 5.88 Å². The molecule has 0 bridgehead atoms. The molecule has 0 saturated heterocycles. The molecule has 88 valence electrons. The van der Waals surface area contributed by atoms with E-state index in [9.17, 15) is 0 Å². The first-order chi connectivity index (χ1) is 7.90. The summed E-state index contributed by atoms with van der Waals surface area (Å²) in [6.45, 7) is 2.63. The third kappa shape index (κ3) is 2.87. The third-order valence-corrected chi connectivity index (χ3v) is 2.90. The molecule has 1 heterocycles. The van der Waals surface area contributed by atoms with Crippen LogP contribution in [0.25, 0.3) is 0 Å². The lowest BCUT2D eigenvalue weighted by Crippen LogP contribution is -2.44. The largest absolute Gasteiger partial charge is 0.438 e. The number of hydrogen-bond donors (Lipinski definition) is 0. The number of nitrogens with zero attached hydrogens (tertiary/aromatic N) is 1. The standard InChI is InChI=1S/C13H20NO2/c1-2-15-14-11-7-6-10-13(14)16-12-8-4-3-5-9-12/h6-7,10-12H,2-5,8-9H2,1H3/q+1. The van der Waals surface area contributed by atoms with E-state index in [0.717, 1.165) is 5.88 Å². The highest BCUT2D eigenvalue weighted by Crippen LogP contribution is 2.21. The maximum absolute atomic E-state index is 5.98. The molecule has 0 spiro atoms. The maximum atomic E-state index is 5.98. The van der Waals surface area contributed by atoms with Crippen LogP contribution in [0, 0.1) is 0 Å². The van der Waals surface area contributed by atoms with Crippen molar-refractivity contribution in [3.05, 3.63) is 24.4 Å². The van der Waals surface area contributed by atoms with Gasteiger partial charge in [-0.25, -0.2) is 0 Å². The molecule has 0 aromatic carbocycles. The summed E-state index contributed by atoms with van der Waals surface area (Å²) in [7, 11) is 0. The number of hydrogen-bond acceptors (Lipinski definition) is 2. The minimum Gasteiger partial charge on any atom is -0.438 e. The van der Waals surface area contributed by atoms with Gasteiger partial charge in [-0.3, -0.25) is 4.84 Å². The molecule has 0 radical (unpaired) electrons. The van der Waals surface area contributed by atoms with Crippen LogP contribution in [0.3, 0.4) is 0 Å². The lowest BCUT2D eigenvalue weighted by Gasteiger charge is -2.20. The van der Waals surface area contributed by atoms with Crippen LogP contribution in [0.5, 0.6) is 5.88 Å². The van der Waals surface area contributed by atoms with Crippen molar-refractivity contribution in [2.24, 2.45) is 0 Å². The van der Waals surface area contributed by atoms with Gasteiger partial charge in [-0.05, 0) is 38.7 Å². The van der Waals surface area contributed by atoms with E-state index in [1.54, 1.807) is 4.73 Å². The van der Waals surface area contributed by atoms with Crippen molar-refractivity contribution < 1.29 is 14.3 Å². The average Bonchev–Trinajstić information content (AvgIpc) is 2.33. The number of aromatic nitrogens is 1. The summed E-state index contributed by atoms with van der Waals surface area (Å²) in [5.41, 5.74) is 0. The second-order valence-electron chi connectivity index (χ2n) is 4.16. The van der Waals surface area contributed by atoms with Crippen LogP contribution in [-0.2, 0) is 0 Å². The first kappa shape index (κ1) is 11.2. The van der Waals surface area contributed by atoms with E-state index in [1.807, 2.05) is 31.3 Å². The summed E-state index contributed by atoms with van der Waals surface area (Å²) in [5, 5.41) is 0. The summed E-state index contributed by atoms with van der Waals surface area (Å²) in [6.07, 6.45) is 8.50. The molecule has 0 amide bonds. The van der Waals surface area contributed by atoms with E-state index in [0.29, 0.717) is 12.7 Å². The van der Waals surface area contributed by atoms with Gasteiger partial charge in [0.05, 0.1) is 6.07 Å². The minimum absolute atomic E-state index is 0.364. The Morgan fingerprint density at radius 2 is 2.06 bits per heavy atom. The molecular weight excluding hydrogens is 202 g/mol. The fourth-order valence-corrected chi connectivity index (χ4v) is 2.10. The topological polar surface area (TPSA) is 22.3 Å². The molecule has 2 rings (SSSR count). The Labute approximate surface area is 97.0 Å². The monoisotopic (exact) mass is 222 g/mol. The highest BCUT2D eigenvalue weighted by molar-refractivity contribution is 5.02. The average molecular weight is 222 g/mol. The van der Waals surface area contributed by atoms with Gasteiger partial charge in [0.1, 0.15) is 6.10 Å². The van der Waals surface area contributed by atoms with Gasteiger partial charge in [0.2, 0.25) is 6.20 Å². The zero-order valence-electron chi connectivity index (χ0n) is 9.89. The summed E-state index contributed by atoms with van der Waals surface area (Å²) < 4.78 is 7.69. The van der Waals surface area contributed by atoms with Crippen molar-refractivity contribution in [2.45, 2.75) is 45.1 Å². The molecular formula is C13H20NO2+. The highest BCUT2D eigenvalue weighted by atomic mass is 16.7. The van der Waals surface area contributed by atoms with E-state index in [-0.39, 0.29) is 0 Å². The SMILES string of the molecule is CCO[n+]1ccccc1OC1CCCCC1. The van der Waals surface area contributed by atoms with Crippen LogP contribution in [0.15, 0.2) is 24.4 Å². The van der Waals surface area contributed by atoms with Gasteiger partial charge in [0.15, 0.2) is 6.61 Å². The first-order valence-corrected chi connectivity index (χ1v) is 6.21. The first-order valence-electron chi connectivity index (χ1n) is 6.21. The second-order valence-corrected chi connectivity index (χ2v) is 4.16. The van der Waals surface area contributed by atoms with E-state index >= 15 is 0 Å². The molecule has 1 aromatic heterocycles. The Kier molecular flexibility index (Phi) is 4.03. The fourth-order valence-electron chi connectivity index (χ4n) is 2.10. The van der Waals surface area contributed by atoms with Crippen molar-refractivity contribution >= 4 is 0 Å². The van der Waals surface area contributed by atoms with Crippen LogP contribution in [0.4, 0.5) is 0 Å². The Morgan fingerprint density at radius 1 is 1.25 bits per heavy atom. The molecule has 1 fully saturated rings. The molecule has 1 aliphatic carbocycles. The Bertz CT molecular complexity index is 321. The van der Waals surface area contributed by atoms with Crippen molar-refractivity contribution in [2.75, 3.05) is 6.61 Å². The van der Waals surface area contributed by atoms with Crippen LogP contribution in [0.1, 0.15) is 39.0 Å². The van der Waals surface area contributed by atoms with Crippen molar-refractivity contribution in [3.8, 4) is 5.88 Å². The normalized spacial score (nSPS) is 17.1. The molecule has 3 nitrogen and oxygen atoms in total. The van der Waals surface area contributed by atoms with Crippen molar-refractivity contribution in [3.63, 3.8) is 0 Å². The van der Waals surface area contributed by atoms with Crippen molar-refractivity contribution in [1.29, 1.82) is 0 Å². The van der Waals surface area contributed by atoms with Crippen LogP contribution in [-0.4, -0.2) is 12.7 Å². The molecule has 0 atom stereocenters. The van der Waals surface area contributed by atoms with E-state index < -0.39 is 0 Å². The molecule has 1 aliphatic rings. The smallest absolute Gasteiger partial charge is 0.417 e. The molecule has 0 N–H and O–H groups in total. The molecule has 1 aromatic rings. The Morgan fingerprint density at radius 3 is 2.81 bits per heavy atom. The number of ether oxygens (including phenoxy) is 1. The van der Waals surface area contributed by atoms with Gasteiger partial charge in [0.25, 0.3) is 0 Å². The summed E-state index contributed by atoms with van der Waals surface area (Å²) in [6, 6.07) is 5.89. The van der Waals surface area contributed by atoms with Gasteiger partial charge in [0, 0.05) is 10.8 Å². The van der Waals surface area contributed by atoms with E-state index in [1.165, 1.54) is 32.1 Å². The molecule has 16 heavy (non-hydrogen) atoms. The maximum Gasteiger partial charge on any atom is 0.417 e. The zero-order chi connectivity index (χ0) is 11.2. The van der Waals surface area contributed by atoms with Gasteiger partial charge < -0.3 is 4.74 Å². The Balaban J connectivity index is 2.01. The Hall–Kier alpha value is -1.25. The highest BCUT2D eigenvalue weighted by Gasteiger charge is 2.20. The summed E-state index contributed by atoms with van der Waals surface area (Å²) in [5.74, 6) is 0.816. The number of rotatable bonds is 4. The van der Waals surface area contributed by atoms with Crippen LogP contribution >= 0.6 is 0 Å². The van der Waals surface area contributed by atoms with E-state index in [4.69, 9.17) is 9.57 Å². The molecule has 1 saturated carbocycles. The molecule has 0 unspecified atom stereocenters. The van der Waals surface area contributed by atoms with Gasteiger partial charge in [-0.2, -0.15) is 0 Å². The molecule has 3 heteroatoms. The van der Waals surface area contributed by atoms with Gasteiger partial charge in [-0.1, -0.05) is 6.42 Å². The minimum atomic E-state index is 0.364. The lowest BCUT2D eigenvalue weighted by atomic mass is 9.98. The number of pyridine rings is 1. The fraction of sp³-hybridized carbons (Fsp3) is 0.615. The quantitative estimate of drug-likeness (QED) is 0.728. The summed E-state index contributed by atoms with van der Waals surface area (Å²) in [4.78, 5) is 5.47. The lowest BCUT2D eigenvalue weighted by molar-refractivity contribution is -0.892. The van der Waals surface area contributed by atoms with Crippen LogP contribution < -0.4 is 14.3 Å². The van der Waals surface area contributed by atoms with Crippen molar-refractivity contribution in [1.82, 2.24) is 0 Å². The predicted octanol–water partition coefficient (Wildman–Crippen LogP) is 2.13. The third-order valence-electron chi connectivity index (χ3n) is 2.90. The van der Waals surface area contributed by atoms with Crippen LogP contribution in [0.2, 0.25) is 0 Å². The predicted molar refractivity (Wildman–Crippen MR) is 61.3 cm³/mol. The zero-order valence-corrected chi connectivity index (χ0v) is 9.89. The second kappa shape index (κ2) is 5.73.